The molecule has 5 heterocycles. The normalized spacial score (nSPS) is 24.8. The second kappa shape index (κ2) is 11.9. The molecule has 11 heteroatoms. The molecule has 2 aromatic heterocycles. The van der Waals surface area contributed by atoms with E-state index in [-0.39, 0.29) is 31.5 Å². The van der Waals surface area contributed by atoms with Crippen molar-refractivity contribution in [2.45, 2.75) is 31.0 Å². The number of hydrogen-bond acceptors (Lipinski definition) is 9. The summed E-state index contributed by atoms with van der Waals surface area (Å²) in [6.45, 7) is 6.54. The number of pyridine rings is 1. The first-order valence-corrected chi connectivity index (χ1v) is 14.8. The fourth-order valence-electron chi connectivity index (χ4n) is 6.04. The topological polar surface area (TPSA) is 116 Å². The van der Waals surface area contributed by atoms with Gasteiger partial charge in [0.05, 0.1) is 36.1 Å². The molecule has 10 nitrogen and oxygen atoms in total. The summed E-state index contributed by atoms with van der Waals surface area (Å²) >= 11 is 6.65. The number of nitrogens with zero attached hydrogens (tertiary/aromatic N) is 4. The molecular formula is C31H34ClN5O5. The van der Waals surface area contributed by atoms with Gasteiger partial charge in [0.15, 0.2) is 11.8 Å². The predicted molar refractivity (Wildman–Crippen MR) is 158 cm³/mol. The van der Waals surface area contributed by atoms with Crippen LogP contribution in [-0.4, -0.2) is 112 Å². The smallest absolute Gasteiger partial charge is 0.296 e. The summed E-state index contributed by atoms with van der Waals surface area (Å²) in [6, 6.07) is 19.1. The molecule has 0 aliphatic carbocycles. The van der Waals surface area contributed by atoms with Gasteiger partial charge in [-0.15, -0.1) is 0 Å². The first kappa shape index (κ1) is 27.7. The minimum Gasteiger partial charge on any atom is -0.456 e. The second-order valence-electron chi connectivity index (χ2n) is 11.2. The van der Waals surface area contributed by atoms with Crippen LogP contribution in [-0.2, 0) is 16.0 Å². The Labute approximate surface area is 248 Å². The van der Waals surface area contributed by atoms with Crippen LogP contribution in [0, 0.1) is 0 Å². The van der Waals surface area contributed by atoms with E-state index in [1.54, 1.807) is 0 Å². The molecular weight excluding hydrogens is 558 g/mol. The molecule has 3 aliphatic heterocycles. The summed E-state index contributed by atoms with van der Waals surface area (Å²) in [6.07, 6.45) is -1.70. The third kappa shape index (κ3) is 5.63. The van der Waals surface area contributed by atoms with Gasteiger partial charge in [0, 0.05) is 44.8 Å². The van der Waals surface area contributed by atoms with E-state index < -0.39 is 6.10 Å². The lowest BCUT2D eigenvalue weighted by Crippen LogP contribution is -2.46. The van der Waals surface area contributed by atoms with Crippen molar-refractivity contribution in [2.75, 3.05) is 52.5 Å². The maximum Gasteiger partial charge on any atom is 0.296 e. The predicted octanol–water partition coefficient (Wildman–Crippen LogP) is 2.96. The lowest BCUT2D eigenvalue weighted by Gasteiger charge is -2.34. The van der Waals surface area contributed by atoms with Gasteiger partial charge in [0.1, 0.15) is 18.3 Å². The third-order valence-corrected chi connectivity index (χ3v) is 8.67. The van der Waals surface area contributed by atoms with Crippen LogP contribution in [0.5, 0.6) is 6.01 Å². The molecule has 0 saturated carbocycles. The number of rotatable bonds is 8. The van der Waals surface area contributed by atoms with Crippen molar-refractivity contribution in [1.82, 2.24) is 24.8 Å². The molecule has 0 bridgehead atoms. The highest BCUT2D eigenvalue weighted by atomic mass is 35.5. The number of β-amino-alcohol motifs (C(OH)–C–C–N with tert-alkyl or cyclic N) is 1. The molecule has 3 N–H and O–H groups in total. The molecule has 3 fully saturated rings. The number of H-pyrrole nitrogens is 1. The highest BCUT2D eigenvalue weighted by Crippen LogP contribution is 2.33. The Balaban J connectivity index is 1.01. The number of aromatic nitrogens is 3. The maximum atomic E-state index is 9.97. The molecule has 0 spiro atoms. The van der Waals surface area contributed by atoms with Crippen LogP contribution in [0.1, 0.15) is 5.56 Å². The van der Waals surface area contributed by atoms with Crippen LogP contribution in [0.4, 0.5) is 0 Å². The van der Waals surface area contributed by atoms with Crippen molar-refractivity contribution >= 4 is 22.8 Å². The Hall–Kier alpha value is -3.09. The number of imidazole rings is 1. The average molecular weight is 592 g/mol. The zero-order valence-electron chi connectivity index (χ0n) is 23.2. The third-order valence-electron chi connectivity index (χ3n) is 8.38. The second-order valence-corrected chi connectivity index (χ2v) is 11.6. The number of halogens is 1. The van der Waals surface area contributed by atoms with Gasteiger partial charge < -0.3 is 29.4 Å². The van der Waals surface area contributed by atoms with Gasteiger partial charge in [-0.3, -0.25) is 9.80 Å². The number of aliphatic hydroxyl groups is 2. The van der Waals surface area contributed by atoms with E-state index in [1.807, 2.05) is 18.2 Å². The molecule has 0 amide bonds. The van der Waals surface area contributed by atoms with Gasteiger partial charge in [0.2, 0.25) is 0 Å². The Morgan fingerprint density at radius 1 is 0.881 bits per heavy atom. The summed E-state index contributed by atoms with van der Waals surface area (Å²) in [5.41, 5.74) is 6.28. The molecule has 3 saturated heterocycles. The van der Waals surface area contributed by atoms with Crippen LogP contribution >= 0.6 is 11.6 Å². The van der Waals surface area contributed by atoms with E-state index >= 15 is 0 Å². The van der Waals surface area contributed by atoms with Crippen molar-refractivity contribution in [3.8, 4) is 28.4 Å². The summed E-state index contributed by atoms with van der Waals surface area (Å²) < 4.78 is 17.3. The van der Waals surface area contributed by atoms with Crippen molar-refractivity contribution < 1.29 is 24.4 Å². The number of aromatic amines is 1. The molecule has 7 rings (SSSR count). The van der Waals surface area contributed by atoms with Crippen LogP contribution < -0.4 is 4.74 Å². The van der Waals surface area contributed by atoms with Gasteiger partial charge in [-0.2, -0.15) is 4.98 Å². The van der Waals surface area contributed by atoms with Crippen LogP contribution in [0.15, 0.2) is 54.6 Å². The number of benzene rings is 2. The highest BCUT2D eigenvalue weighted by molar-refractivity contribution is 6.33. The first-order chi connectivity index (χ1) is 20.5. The SMILES string of the molecule is OCCN1CCN(Cc2ccc(-c3ccc(-c4nc5nc(O[C@@H]6CO[C@H]7[C@@H]6OC[C@H]7O)[nH]c5cc4Cl)cc3)cc2)CC1. The number of fused-ring (bicyclic) bond motifs is 2. The van der Waals surface area contributed by atoms with E-state index in [0.717, 1.165) is 56.0 Å². The van der Waals surface area contributed by atoms with Crippen LogP contribution in [0.2, 0.25) is 5.02 Å². The fraction of sp³-hybridized carbons (Fsp3) is 0.419. The number of nitrogens with one attached hydrogen (secondary N) is 1. The number of hydrogen-bond donors (Lipinski definition) is 3. The zero-order chi connectivity index (χ0) is 28.6. The molecule has 42 heavy (non-hydrogen) atoms. The van der Waals surface area contributed by atoms with E-state index in [2.05, 4.69) is 56.2 Å². The van der Waals surface area contributed by atoms with Crippen molar-refractivity contribution in [3.63, 3.8) is 0 Å². The summed E-state index contributed by atoms with van der Waals surface area (Å²) in [5, 5.41) is 19.6. The molecule has 3 aliphatic rings. The minimum atomic E-state index is -0.636. The molecule has 4 aromatic rings. The van der Waals surface area contributed by atoms with E-state index in [4.69, 9.17) is 35.9 Å². The molecule has 2 aromatic carbocycles. The molecule has 0 unspecified atom stereocenters. The van der Waals surface area contributed by atoms with Gasteiger partial charge in [-0.1, -0.05) is 60.1 Å². The van der Waals surface area contributed by atoms with Gasteiger partial charge in [-0.25, -0.2) is 4.98 Å². The molecule has 4 atom stereocenters. The van der Waals surface area contributed by atoms with Crippen LogP contribution in [0.3, 0.4) is 0 Å². The summed E-state index contributed by atoms with van der Waals surface area (Å²) in [4.78, 5) is 17.2. The number of piperazine rings is 1. The van der Waals surface area contributed by atoms with Crippen LogP contribution in [0.25, 0.3) is 33.5 Å². The quantitative estimate of drug-likeness (QED) is 0.284. The highest BCUT2D eigenvalue weighted by Gasteiger charge is 2.48. The zero-order valence-corrected chi connectivity index (χ0v) is 23.9. The monoisotopic (exact) mass is 591 g/mol. The lowest BCUT2D eigenvalue weighted by molar-refractivity contribution is 0.00706. The fourth-order valence-corrected chi connectivity index (χ4v) is 6.30. The summed E-state index contributed by atoms with van der Waals surface area (Å²) in [7, 11) is 0. The average Bonchev–Trinajstić information content (AvgIpc) is 3.70. The van der Waals surface area contributed by atoms with Crippen molar-refractivity contribution in [1.29, 1.82) is 0 Å². The standard InChI is InChI=1S/C31H34ClN5O5/c32-23-15-24-30(35-31(33-24)42-26-18-41-28-25(39)17-40-29(26)28)34-27(23)22-7-5-21(6-8-22)20-3-1-19(2-4-20)16-37-11-9-36(10-12-37)13-14-38/h1-8,15,25-26,28-29,38-39H,9-14,16-18H2,(H,33,34,35)/t25-,26-,28-,29-/m1/s1. The van der Waals surface area contributed by atoms with Crippen molar-refractivity contribution in [2.24, 2.45) is 0 Å². The Bertz CT molecular complexity index is 1520. The molecule has 220 valence electrons. The maximum absolute atomic E-state index is 9.97. The van der Waals surface area contributed by atoms with Crippen molar-refractivity contribution in [3.05, 3.63) is 65.2 Å². The number of ether oxygens (including phenoxy) is 3. The van der Waals surface area contributed by atoms with E-state index in [0.29, 0.717) is 34.5 Å². The Morgan fingerprint density at radius 2 is 1.55 bits per heavy atom. The largest absolute Gasteiger partial charge is 0.456 e. The Morgan fingerprint density at radius 3 is 2.29 bits per heavy atom. The Kier molecular flexibility index (Phi) is 7.85. The molecule has 0 radical (unpaired) electrons. The van der Waals surface area contributed by atoms with E-state index in [9.17, 15) is 5.11 Å². The van der Waals surface area contributed by atoms with Gasteiger partial charge in [0.25, 0.3) is 6.01 Å². The summed E-state index contributed by atoms with van der Waals surface area (Å²) in [5.74, 6) is 0. The van der Waals surface area contributed by atoms with E-state index in [1.165, 1.54) is 5.56 Å². The minimum absolute atomic E-state index is 0.225. The number of aliphatic hydroxyl groups excluding tert-OH is 2. The van der Waals surface area contributed by atoms with Gasteiger partial charge >= 0.3 is 0 Å². The lowest BCUT2D eigenvalue weighted by atomic mass is 10.0. The van der Waals surface area contributed by atoms with Gasteiger partial charge in [-0.05, 0) is 22.8 Å². The first-order valence-electron chi connectivity index (χ1n) is 14.4.